The largest absolute Gasteiger partial charge is 1.00 e. The van der Waals surface area contributed by atoms with Crippen molar-refractivity contribution in [1.82, 2.24) is 0 Å². The van der Waals surface area contributed by atoms with Crippen molar-refractivity contribution in [1.29, 1.82) is 0 Å². The molecule has 0 N–H and O–H groups in total. The van der Waals surface area contributed by atoms with Gasteiger partial charge < -0.3 is 95.1 Å². The van der Waals surface area contributed by atoms with E-state index in [1.165, 1.54) is 0 Å². The summed E-state index contributed by atoms with van der Waals surface area (Å²) in [5, 5.41) is 10.2. The van der Waals surface area contributed by atoms with Crippen LogP contribution >= 0.6 is 0 Å². The number of rotatable bonds is 57. The first kappa shape index (κ1) is 62.9. The van der Waals surface area contributed by atoms with Crippen LogP contribution in [0.4, 0.5) is 0 Å². The van der Waals surface area contributed by atoms with E-state index in [1.807, 2.05) is 6.92 Å². The second-order valence-corrected chi connectivity index (χ2v) is 11.9. The van der Waals surface area contributed by atoms with Gasteiger partial charge in [-0.25, -0.2) is 0 Å². The van der Waals surface area contributed by atoms with Crippen molar-refractivity contribution < 1.29 is 114 Å². The van der Waals surface area contributed by atoms with Gasteiger partial charge in [0.2, 0.25) is 0 Å². The van der Waals surface area contributed by atoms with Gasteiger partial charge in [0.25, 0.3) is 0 Å². The van der Waals surface area contributed by atoms with E-state index < -0.39 is 0 Å². The molecular formula is C40H81LiO20. The molecular weight excluding hydrogens is 807 g/mol. The van der Waals surface area contributed by atoms with Crippen LogP contribution in [0.15, 0.2) is 0 Å². The van der Waals surface area contributed by atoms with E-state index in [9.17, 15) is 5.11 Å². The molecule has 0 fully saturated rings. The van der Waals surface area contributed by atoms with Crippen LogP contribution in [0.5, 0.6) is 0 Å². The monoisotopic (exact) mass is 889 g/mol. The van der Waals surface area contributed by atoms with Gasteiger partial charge in [-0.1, -0.05) is 0 Å². The first-order chi connectivity index (χ1) is 29.9. The van der Waals surface area contributed by atoms with Crippen LogP contribution in [0.25, 0.3) is 0 Å². The van der Waals surface area contributed by atoms with Gasteiger partial charge in [0.1, 0.15) is 0 Å². The van der Waals surface area contributed by atoms with Crippen molar-refractivity contribution in [3.8, 4) is 0 Å². The second-order valence-electron chi connectivity index (χ2n) is 11.9. The Morgan fingerprint density at radius 3 is 0.377 bits per heavy atom. The number of ether oxygens (including phenoxy) is 19. The molecule has 0 rings (SSSR count). The maximum atomic E-state index is 10.2. The molecule has 0 atom stereocenters. The van der Waals surface area contributed by atoms with Crippen molar-refractivity contribution in [3.05, 3.63) is 0 Å². The molecule has 0 aliphatic heterocycles. The molecule has 0 amide bonds. The molecule has 0 aliphatic carbocycles. The fraction of sp³-hybridized carbons (Fsp3) is 1.00. The molecule has 61 heavy (non-hydrogen) atoms. The van der Waals surface area contributed by atoms with Crippen molar-refractivity contribution >= 4 is 0 Å². The summed E-state index contributed by atoms with van der Waals surface area (Å²) in [5.41, 5.74) is 0. The van der Waals surface area contributed by atoms with Gasteiger partial charge >= 0.3 is 18.9 Å². The van der Waals surface area contributed by atoms with E-state index in [1.54, 1.807) is 0 Å². The predicted octanol–water partition coefficient (Wildman–Crippen LogP) is -3.31. The molecule has 0 saturated carbocycles. The van der Waals surface area contributed by atoms with E-state index in [0.717, 1.165) is 0 Å². The minimum Gasteiger partial charge on any atom is -0.853 e. The molecule has 0 aromatic rings. The molecule has 0 spiro atoms. The second kappa shape index (κ2) is 61.9. The minimum atomic E-state index is -0.229. The van der Waals surface area contributed by atoms with Crippen molar-refractivity contribution in [3.63, 3.8) is 0 Å². The Labute approximate surface area is 377 Å². The Kier molecular flexibility index (Phi) is 63.8. The van der Waals surface area contributed by atoms with E-state index >= 15 is 0 Å². The van der Waals surface area contributed by atoms with Crippen LogP contribution in [-0.2, 0) is 90.0 Å². The fourth-order valence-electron chi connectivity index (χ4n) is 4.16. The van der Waals surface area contributed by atoms with Gasteiger partial charge in [-0.3, -0.25) is 0 Å². The number of hydrogen-bond donors (Lipinski definition) is 0. The third-order valence-corrected chi connectivity index (χ3v) is 7.13. The van der Waals surface area contributed by atoms with Gasteiger partial charge in [0.05, 0.1) is 238 Å². The third-order valence-electron chi connectivity index (χ3n) is 7.13. The van der Waals surface area contributed by atoms with Gasteiger partial charge in [-0.2, -0.15) is 0 Å². The Balaban J connectivity index is 0. The summed E-state index contributed by atoms with van der Waals surface area (Å²) >= 11 is 0. The Morgan fingerprint density at radius 1 is 0.180 bits per heavy atom. The molecule has 0 radical (unpaired) electrons. The molecule has 0 aliphatic rings. The minimum absolute atomic E-state index is 0. The molecule has 0 aromatic carbocycles. The summed E-state index contributed by atoms with van der Waals surface area (Å²) in [6, 6.07) is 0. The van der Waals surface area contributed by atoms with Crippen molar-refractivity contribution in [2.75, 3.05) is 258 Å². The van der Waals surface area contributed by atoms with Crippen LogP contribution in [-0.4, -0.2) is 258 Å². The quantitative estimate of drug-likeness (QED) is 0.0434. The average Bonchev–Trinajstić information content (AvgIpc) is 3.26. The summed E-state index contributed by atoms with van der Waals surface area (Å²) in [5.74, 6) is 0. The van der Waals surface area contributed by atoms with Gasteiger partial charge in [0, 0.05) is 13.2 Å². The fourth-order valence-corrected chi connectivity index (χ4v) is 4.16. The van der Waals surface area contributed by atoms with E-state index in [0.29, 0.717) is 244 Å². The molecule has 362 valence electrons. The average molecular weight is 889 g/mol. The molecule has 0 aromatic heterocycles. The molecule has 21 heteroatoms. The van der Waals surface area contributed by atoms with Crippen molar-refractivity contribution in [2.45, 2.75) is 6.92 Å². The third kappa shape index (κ3) is 61.9. The maximum absolute atomic E-state index is 10.2. The zero-order valence-corrected chi connectivity index (χ0v) is 37.7. The molecule has 20 nitrogen and oxygen atoms in total. The zero-order chi connectivity index (χ0) is 43.0. The first-order valence-electron chi connectivity index (χ1n) is 21.5. The van der Waals surface area contributed by atoms with Gasteiger partial charge in [0.15, 0.2) is 0 Å². The summed E-state index contributed by atoms with van der Waals surface area (Å²) in [6.45, 7) is 20.8. The standard InChI is InChI=1S/C40H81O20.Li/c1-2-42-5-6-44-9-10-46-13-14-48-17-18-50-21-22-52-25-26-54-29-30-56-33-34-58-37-38-60-40-39-59-36-35-57-32-31-55-28-27-53-24-23-51-20-19-49-16-15-47-12-11-45-8-7-43-4-3-41;/h2-40H2,1H3;/q-1;+1. The summed E-state index contributed by atoms with van der Waals surface area (Å²) < 4.78 is 103. The van der Waals surface area contributed by atoms with Crippen LogP contribution in [0.2, 0.25) is 0 Å². The Hall–Kier alpha value is -0.203. The molecule has 0 unspecified atom stereocenters. The predicted molar refractivity (Wildman–Crippen MR) is 216 cm³/mol. The van der Waals surface area contributed by atoms with Crippen LogP contribution in [0.3, 0.4) is 0 Å². The van der Waals surface area contributed by atoms with E-state index in [-0.39, 0.29) is 32.1 Å². The van der Waals surface area contributed by atoms with Crippen LogP contribution < -0.4 is 24.0 Å². The summed E-state index contributed by atoms with van der Waals surface area (Å²) in [6.07, 6.45) is 0. The van der Waals surface area contributed by atoms with E-state index in [2.05, 4.69) is 0 Å². The Morgan fingerprint density at radius 2 is 0.279 bits per heavy atom. The van der Waals surface area contributed by atoms with Gasteiger partial charge in [-0.05, 0) is 6.92 Å². The SMILES string of the molecule is CCOCCOCCOCCOCCOCCOCCOCCOCCOCCOCCOCCOCCOCCOCCOCCOCCOCCOCCOCC[O-].[Li+]. The smallest absolute Gasteiger partial charge is 0.853 e. The topological polar surface area (TPSA) is 198 Å². The maximum Gasteiger partial charge on any atom is 1.00 e. The van der Waals surface area contributed by atoms with Crippen LogP contribution in [0, 0.1) is 0 Å². The Bertz CT molecular complexity index is 684. The molecule has 0 saturated heterocycles. The molecule has 0 heterocycles. The summed E-state index contributed by atoms with van der Waals surface area (Å²) in [4.78, 5) is 0. The van der Waals surface area contributed by atoms with Gasteiger partial charge in [-0.15, -0.1) is 6.61 Å². The van der Waals surface area contributed by atoms with Crippen LogP contribution in [0.1, 0.15) is 6.92 Å². The normalized spacial score (nSPS) is 11.5. The first-order valence-corrected chi connectivity index (χ1v) is 21.5. The van der Waals surface area contributed by atoms with Crippen molar-refractivity contribution in [2.24, 2.45) is 0 Å². The van der Waals surface area contributed by atoms with E-state index in [4.69, 9.17) is 90.0 Å². The molecule has 0 bridgehead atoms. The number of hydrogen-bond acceptors (Lipinski definition) is 20. The summed E-state index contributed by atoms with van der Waals surface area (Å²) in [7, 11) is 0. The zero-order valence-electron chi connectivity index (χ0n) is 37.7.